The summed E-state index contributed by atoms with van der Waals surface area (Å²) in [6.07, 6.45) is 0.755. The summed E-state index contributed by atoms with van der Waals surface area (Å²) in [5.41, 5.74) is 3.04. The smallest absolute Gasteiger partial charge is 0.255 e. The second-order valence-electron chi connectivity index (χ2n) is 31.8. The number of fused-ring (bicyclic) bond motifs is 9. The van der Waals surface area contributed by atoms with Gasteiger partial charge in [-0.25, -0.2) is 13.2 Å². The number of nitrogens with one attached hydrogen (secondary N) is 1. The maximum Gasteiger partial charge on any atom is 0.255 e. The third-order valence-corrected chi connectivity index (χ3v) is 23.9. The maximum absolute atomic E-state index is 15.8. The van der Waals surface area contributed by atoms with Gasteiger partial charge in [-0.2, -0.15) is 0 Å². The number of anilines is 1. The van der Waals surface area contributed by atoms with E-state index in [0.29, 0.717) is 18.4 Å². The van der Waals surface area contributed by atoms with E-state index in [1.165, 1.54) is 57.0 Å². The third kappa shape index (κ3) is 12.2. The predicted octanol–water partition coefficient (Wildman–Crippen LogP) is 5.57. The van der Waals surface area contributed by atoms with E-state index in [0.717, 1.165) is 30.3 Å². The van der Waals surface area contributed by atoms with Gasteiger partial charge in [0.05, 0.1) is 40.5 Å². The average Bonchev–Trinajstić information content (AvgIpc) is 0.701. The molecule has 32 heteroatoms. The van der Waals surface area contributed by atoms with Gasteiger partial charge in [-0.3, -0.25) is 62.6 Å². The fourth-order valence-corrected chi connectivity index (χ4v) is 19.0. The van der Waals surface area contributed by atoms with Crippen molar-refractivity contribution >= 4 is 81.3 Å². The molecule has 4 aromatic rings. The van der Waals surface area contributed by atoms with Crippen molar-refractivity contribution in [1.82, 2.24) is 14.7 Å². The fraction of sp³-hybridized carbons (Fsp3) is 0.425. The summed E-state index contributed by atoms with van der Waals surface area (Å²) in [6, 6.07) is 10.1. The SMILES string of the molecule is CCC1c2c(F)ccc(O)c2C(O)=C2C(=O)[C@]3(O)C(O)=C(C(N)=O)C(=O)[C@@H](N(C)C)[C@@H]3C[C@@H]21.CC[C@H]1c2c(F)cc(NC(=O)CCC(C)(C)C)c(O)c2C(O)=C2C(=O)[C@]3(O)C(O)=C(C(N)=O)C(=O)[C@@H](N(C)C)[C@@H]3C[C@@H]21.CN(C)[C@@H]1C(=O)C(C(N)=O)=C(O)[C@@]2(O)C(=O)C3=C(O)c4c(O)ccc(F)c4[C@H](c4ccccc4)[C@H]3C[C@@H]12. The van der Waals surface area contributed by atoms with Gasteiger partial charge < -0.3 is 83.8 Å². The van der Waals surface area contributed by atoms with E-state index in [2.05, 4.69) is 5.32 Å². The highest BCUT2D eigenvalue weighted by Gasteiger charge is 2.69. The van der Waals surface area contributed by atoms with Gasteiger partial charge in [0.2, 0.25) is 23.3 Å². The molecule has 13 rings (SSSR count). The van der Waals surface area contributed by atoms with Crippen LogP contribution in [0.1, 0.15) is 136 Å². The number of amides is 4. The van der Waals surface area contributed by atoms with Crippen molar-refractivity contribution in [1.29, 1.82) is 0 Å². The lowest BCUT2D eigenvalue weighted by molar-refractivity contribution is -0.155. The summed E-state index contributed by atoms with van der Waals surface area (Å²) >= 11 is 0. The van der Waals surface area contributed by atoms with Gasteiger partial charge in [-0.15, -0.1) is 0 Å². The number of primary amides is 3. The first-order chi connectivity index (χ1) is 52.2. The summed E-state index contributed by atoms with van der Waals surface area (Å²) in [5, 5.41) is 136. The number of carbonyl (C=O) groups is 10. The summed E-state index contributed by atoms with van der Waals surface area (Å²) in [6.45, 7) is 9.31. The van der Waals surface area contributed by atoms with Gasteiger partial charge in [-0.05, 0) is 140 Å². The Morgan fingerprint density at radius 3 is 1.19 bits per heavy atom. The first kappa shape index (κ1) is 81.9. The van der Waals surface area contributed by atoms with Crippen LogP contribution in [0.3, 0.4) is 0 Å². The van der Waals surface area contributed by atoms with Crippen molar-refractivity contribution in [3.05, 3.63) is 168 Å². The first-order valence-electron chi connectivity index (χ1n) is 36.1. The molecule has 4 amide bonds. The highest BCUT2D eigenvalue weighted by molar-refractivity contribution is 6.27. The molecule has 4 aromatic carbocycles. The van der Waals surface area contributed by atoms with E-state index in [1.807, 2.05) is 20.8 Å². The molecule has 9 aliphatic carbocycles. The largest absolute Gasteiger partial charge is 0.508 e. The van der Waals surface area contributed by atoms with Crippen molar-refractivity contribution < 1.29 is 122 Å². The Kier molecular flexibility index (Phi) is 21.2. The third-order valence-electron chi connectivity index (χ3n) is 23.9. The van der Waals surface area contributed by atoms with E-state index in [1.54, 1.807) is 44.2 Å². The lowest BCUT2D eigenvalue weighted by Crippen LogP contribution is -2.66. The standard InChI is InChI=1S/C30H38FN3O8.C27H25FN2O7.C23H25FN2O7/c1-7-12-13-10-14-22(34(5)6)25(38)21(28(32)41)27(40)30(14,42)26(39)19(13)24(37)20-18(12)15(31)11-16(23(20)36)33-17(35)8-9-29(2,3)4;1-30(2)21-13-10-12-16(11-6-4-3-5-7-11)18-14(28)8-9-15(31)19(18)22(32)17(12)24(34)27(13,37)25(35)20(23(21)33)26(29)36;1-4-8-9-7-10-17(26(2)3)19(29)16(22(25)32)21(31)23(10,33)20(30)14(9)18(28)15-12(27)6-5-11(24)13(8)15/h11-14,22,36-37,40,42H,7-10H2,1-6H3,(H2,32,41)(H,33,35);3-9,12-13,16,21,31-32,35,37H,10H2,1-2H3,(H2,29,36);5-6,8-10,17,27-28,31,33H,4,7H2,1-3H3,(H2,25,32)/t12-,13-,14+,22+,30+;12-,13+,16-,21+,27+;8?,9-,10+,17+,23+/m111/s1. The highest BCUT2D eigenvalue weighted by Crippen LogP contribution is 2.62. The number of nitrogens with zero attached hydrogens (tertiary/aromatic N) is 3. The summed E-state index contributed by atoms with van der Waals surface area (Å²) in [4.78, 5) is 134. The molecule has 29 nitrogen and oxygen atoms in total. The predicted molar refractivity (Wildman–Crippen MR) is 393 cm³/mol. The van der Waals surface area contributed by atoms with Gasteiger partial charge in [-0.1, -0.05) is 65.0 Å². The van der Waals surface area contributed by atoms with Crippen LogP contribution in [-0.4, -0.2) is 212 Å². The molecule has 9 aliphatic rings. The van der Waals surface area contributed by atoms with E-state index < -0.39 is 238 Å². The fourth-order valence-electron chi connectivity index (χ4n) is 19.0. The lowest BCUT2D eigenvalue weighted by atomic mass is 9.54. The number of carbonyl (C=O) groups excluding carboxylic acids is 10. The van der Waals surface area contributed by atoms with Crippen LogP contribution in [0.15, 0.2) is 111 Å². The topological polar surface area (TPSA) is 513 Å². The van der Waals surface area contributed by atoms with Gasteiger partial charge in [0, 0.05) is 75.5 Å². The second-order valence-corrected chi connectivity index (χ2v) is 31.8. The molecule has 15 atom stereocenters. The van der Waals surface area contributed by atoms with E-state index in [-0.39, 0.29) is 87.7 Å². The number of phenols is 3. The molecule has 0 aromatic heterocycles. The van der Waals surface area contributed by atoms with Crippen LogP contribution in [-0.2, 0) is 47.9 Å². The van der Waals surface area contributed by atoms with Crippen LogP contribution < -0.4 is 22.5 Å². The number of likely N-dealkylation sites (N-methyl/N-ethyl adjacent to an activating group) is 3. The Labute approximate surface area is 638 Å². The molecule has 112 heavy (non-hydrogen) atoms. The minimum absolute atomic E-state index is 0.0307. The van der Waals surface area contributed by atoms with Gasteiger partial charge >= 0.3 is 0 Å². The maximum atomic E-state index is 15.8. The minimum Gasteiger partial charge on any atom is -0.508 e. The zero-order valence-corrected chi connectivity index (χ0v) is 62.8. The number of ketones is 6. The molecule has 19 N–H and O–H groups in total. The summed E-state index contributed by atoms with van der Waals surface area (Å²) < 4.78 is 46.0. The number of benzene rings is 4. The molecular formula is C80H88F3N7O22. The van der Waals surface area contributed by atoms with Crippen molar-refractivity contribution in [2.75, 3.05) is 47.6 Å². The van der Waals surface area contributed by atoms with Gasteiger partial charge in [0.15, 0.2) is 39.9 Å². The first-order valence-corrected chi connectivity index (χ1v) is 36.1. The number of aliphatic hydroxyl groups excluding tert-OH is 6. The Hall–Kier alpha value is -11.0. The zero-order valence-electron chi connectivity index (χ0n) is 62.8. The van der Waals surface area contributed by atoms with Crippen LogP contribution in [0.5, 0.6) is 17.2 Å². The van der Waals surface area contributed by atoms with Crippen molar-refractivity contribution in [3.8, 4) is 17.2 Å². The van der Waals surface area contributed by atoms with Crippen LogP contribution >= 0.6 is 0 Å². The Balaban J connectivity index is 0.000000167. The van der Waals surface area contributed by atoms with Gasteiger partial charge in [0.25, 0.3) is 17.7 Å². The van der Waals surface area contributed by atoms with Crippen molar-refractivity contribution in [3.63, 3.8) is 0 Å². The monoisotopic (exact) mass is 1560 g/mol. The molecule has 596 valence electrons. The lowest BCUT2D eigenvalue weighted by Gasteiger charge is -2.51. The Bertz CT molecular complexity index is 5030. The zero-order chi connectivity index (χ0) is 83.2. The molecule has 0 saturated heterocycles. The number of aromatic hydroxyl groups is 3. The number of rotatable bonds is 12. The number of hydrogen-bond acceptors (Lipinski definition) is 25. The number of nitrogens with two attached hydrogens (primary N) is 3. The second kappa shape index (κ2) is 28.9. The quantitative estimate of drug-likeness (QED) is 0.0609. The number of Topliss-reactive ketones (excluding diaryl/α,β-unsaturated/α-hetero) is 6. The number of aliphatic hydroxyl groups is 9. The molecule has 3 saturated carbocycles. The normalized spacial score (nSPS) is 29.2. The number of hydrogen-bond donors (Lipinski definition) is 16. The Morgan fingerprint density at radius 1 is 0.491 bits per heavy atom. The van der Waals surface area contributed by atoms with Gasteiger partial charge in [0.1, 0.15) is 80.2 Å². The van der Waals surface area contributed by atoms with Crippen LogP contribution in [0.25, 0.3) is 17.3 Å². The molecule has 0 aliphatic heterocycles. The molecule has 3 fully saturated rings. The van der Waals surface area contributed by atoms with Crippen LogP contribution in [0.4, 0.5) is 18.9 Å². The molecule has 0 radical (unpaired) electrons. The number of phenolic OH excluding ortho intramolecular Hbond substituents is 3. The molecule has 0 spiro atoms. The Morgan fingerprint density at radius 2 is 0.830 bits per heavy atom. The van der Waals surface area contributed by atoms with E-state index >= 15 is 8.78 Å². The van der Waals surface area contributed by atoms with Crippen molar-refractivity contribution in [2.24, 2.45) is 58.1 Å². The van der Waals surface area contributed by atoms with E-state index in [4.69, 9.17) is 17.2 Å². The molecular weight excluding hydrogens is 1470 g/mol. The highest BCUT2D eigenvalue weighted by atomic mass is 19.1. The summed E-state index contributed by atoms with van der Waals surface area (Å²) in [5.74, 6) is -28.9. The average molecular weight is 1560 g/mol. The minimum atomic E-state index is -2.81. The van der Waals surface area contributed by atoms with Crippen molar-refractivity contribution in [2.45, 2.75) is 132 Å². The molecule has 0 heterocycles. The van der Waals surface area contributed by atoms with Crippen LogP contribution in [0.2, 0.25) is 0 Å². The van der Waals surface area contributed by atoms with E-state index in [9.17, 15) is 114 Å². The number of halogens is 3. The summed E-state index contributed by atoms with van der Waals surface area (Å²) in [7, 11) is 9.06. The van der Waals surface area contributed by atoms with Crippen LogP contribution in [0, 0.1) is 58.4 Å². The molecule has 1 unspecified atom stereocenters. The molecule has 0 bridgehead atoms.